The van der Waals surface area contributed by atoms with E-state index in [4.69, 9.17) is 4.74 Å². The lowest BCUT2D eigenvalue weighted by Crippen LogP contribution is -2.32. The Morgan fingerprint density at radius 2 is 1.65 bits per heavy atom. The Kier molecular flexibility index (Phi) is 2.70. The van der Waals surface area contributed by atoms with Gasteiger partial charge in [0.05, 0.1) is 12.3 Å². The largest absolute Gasteiger partial charge is 0.494 e. The number of aliphatic hydroxyl groups is 2. The van der Waals surface area contributed by atoms with E-state index in [9.17, 15) is 20.6 Å². The highest BCUT2D eigenvalue weighted by Gasteiger charge is 2.30. The topological polar surface area (TPSA) is 96.6 Å². The van der Waals surface area contributed by atoms with Crippen LogP contribution in [0.2, 0.25) is 0 Å². The van der Waals surface area contributed by atoms with Gasteiger partial charge in [-0.2, -0.15) is 10.1 Å². The van der Waals surface area contributed by atoms with Crippen LogP contribution >= 0.6 is 0 Å². The highest BCUT2D eigenvalue weighted by molar-refractivity contribution is 5.76. The minimum atomic E-state index is -0.867. The number of hydroxylamine groups is 2. The summed E-state index contributed by atoms with van der Waals surface area (Å²) < 4.78 is 5.22. The second-order valence-electron chi connectivity index (χ2n) is 3.35. The molecule has 7 nitrogen and oxygen atoms in total. The van der Waals surface area contributed by atoms with Crippen LogP contribution in [0.4, 0.5) is 11.4 Å². The molecule has 17 heavy (non-hydrogen) atoms. The van der Waals surface area contributed by atoms with Crippen molar-refractivity contribution in [3.05, 3.63) is 30.0 Å². The van der Waals surface area contributed by atoms with E-state index in [2.05, 4.69) is 0 Å². The average Bonchev–Trinajstić information content (AvgIpc) is 2.34. The van der Waals surface area contributed by atoms with Crippen LogP contribution in [-0.2, 0) is 0 Å². The third-order valence-corrected chi connectivity index (χ3v) is 2.32. The van der Waals surface area contributed by atoms with Crippen molar-refractivity contribution < 1.29 is 25.4 Å². The summed E-state index contributed by atoms with van der Waals surface area (Å²) in [6.07, 6.45) is 0. The maximum absolute atomic E-state index is 9.58. The Morgan fingerprint density at radius 3 is 2.24 bits per heavy atom. The summed E-state index contributed by atoms with van der Waals surface area (Å²) in [5, 5.41) is 38.5. The molecule has 0 radical (unpaired) electrons. The molecule has 7 heteroatoms. The molecule has 4 N–H and O–H groups in total. The summed E-state index contributed by atoms with van der Waals surface area (Å²) in [6.45, 7) is 2.25. The predicted molar refractivity (Wildman–Crippen MR) is 58.4 cm³/mol. The Morgan fingerprint density at radius 1 is 1.06 bits per heavy atom. The number of benzene rings is 1. The van der Waals surface area contributed by atoms with Crippen LogP contribution in [0.15, 0.2) is 30.0 Å². The van der Waals surface area contributed by atoms with Crippen molar-refractivity contribution in [2.75, 3.05) is 16.7 Å². The molecule has 1 aromatic rings. The smallest absolute Gasteiger partial charge is 0.281 e. The molecule has 92 valence electrons. The van der Waals surface area contributed by atoms with Gasteiger partial charge >= 0.3 is 0 Å². The molecule has 0 bridgehead atoms. The lowest BCUT2D eigenvalue weighted by Gasteiger charge is -2.29. The molecule has 0 amide bonds. The van der Waals surface area contributed by atoms with Gasteiger partial charge in [-0.3, -0.25) is 10.4 Å². The Balaban J connectivity index is 2.48. The first-order valence-electron chi connectivity index (χ1n) is 4.93. The van der Waals surface area contributed by atoms with Crippen molar-refractivity contribution in [1.82, 2.24) is 0 Å². The first kappa shape index (κ1) is 11.4. The molecule has 1 aromatic carbocycles. The molecule has 0 spiro atoms. The second-order valence-corrected chi connectivity index (χ2v) is 3.35. The molecule has 0 saturated carbocycles. The average molecular weight is 240 g/mol. The van der Waals surface area contributed by atoms with Crippen molar-refractivity contribution in [3.63, 3.8) is 0 Å². The summed E-state index contributed by atoms with van der Waals surface area (Å²) in [6, 6.07) is 4.42. The first-order valence-corrected chi connectivity index (χ1v) is 4.93. The van der Waals surface area contributed by atoms with E-state index < -0.39 is 11.8 Å². The van der Waals surface area contributed by atoms with Gasteiger partial charge in [-0.05, 0) is 19.1 Å². The standard InChI is InChI=1S/C10H12N2O5/c1-2-17-6-3-4-7-8(5-6)12(16)10(14)9(13)11(7)15/h3-5,13-16H,2H2,1H3. The number of nitrogens with zero attached hydrogens (tertiary/aromatic N) is 2. The lowest BCUT2D eigenvalue weighted by atomic mass is 10.2. The van der Waals surface area contributed by atoms with Crippen molar-refractivity contribution in [1.29, 1.82) is 0 Å². The second kappa shape index (κ2) is 4.04. The molecule has 1 heterocycles. The fourth-order valence-corrected chi connectivity index (χ4v) is 1.53. The molecule has 1 aliphatic rings. The summed E-state index contributed by atoms with van der Waals surface area (Å²) in [7, 11) is 0. The Hall–Kier alpha value is -2.12. The third-order valence-electron chi connectivity index (χ3n) is 2.32. The molecule has 2 rings (SSSR count). The van der Waals surface area contributed by atoms with Gasteiger partial charge in [0.1, 0.15) is 11.4 Å². The van der Waals surface area contributed by atoms with Gasteiger partial charge in [0.2, 0.25) is 0 Å². The number of hydrogen-bond donors (Lipinski definition) is 4. The molecule has 0 aromatic heterocycles. The van der Waals surface area contributed by atoms with E-state index in [1.807, 2.05) is 0 Å². The van der Waals surface area contributed by atoms with Gasteiger partial charge < -0.3 is 14.9 Å². The fourth-order valence-electron chi connectivity index (χ4n) is 1.53. The van der Waals surface area contributed by atoms with Crippen molar-refractivity contribution in [3.8, 4) is 5.75 Å². The van der Waals surface area contributed by atoms with Crippen LogP contribution in [0.3, 0.4) is 0 Å². The number of ether oxygens (including phenoxy) is 1. The van der Waals surface area contributed by atoms with Crippen LogP contribution in [0.5, 0.6) is 5.75 Å². The molecule has 0 atom stereocenters. The maximum Gasteiger partial charge on any atom is 0.281 e. The van der Waals surface area contributed by atoms with Crippen LogP contribution < -0.4 is 14.9 Å². The van der Waals surface area contributed by atoms with Gasteiger partial charge in [0.15, 0.2) is 0 Å². The quantitative estimate of drug-likeness (QED) is 0.625. The summed E-state index contributed by atoms with van der Waals surface area (Å²) in [4.78, 5) is 0. The monoisotopic (exact) mass is 240 g/mol. The number of aliphatic hydroxyl groups excluding tert-OH is 2. The van der Waals surface area contributed by atoms with Gasteiger partial charge in [0, 0.05) is 6.07 Å². The van der Waals surface area contributed by atoms with Crippen LogP contribution in [0, 0.1) is 0 Å². The molecule has 0 fully saturated rings. The fraction of sp³-hybridized carbons (Fsp3) is 0.200. The first-order chi connectivity index (χ1) is 8.06. The summed E-state index contributed by atoms with van der Waals surface area (Å²) in [5.74, 6) is -1.26. The molecular weight excluding hydrogens is 228 g/mol. The highest BCUT2D eigenvalue weighted by atomic mass is 16.6. The molecular formula is C10H12N2O5. The zero-order valence-electron chi connectivity index (χ0n) is 9.03. The number of rotatable bonds is 2. The van der Waals surface area contributed by atoms with Gasteiger partial charge in [-0.15, -0.1) is 0 Å². The third kappa shape index (κ3) is 1.71. The van der Waals surface area contributed by atoms with E-state index in [0.29, 0.717) is 22.5 Å². The normalized spacial score (nSPS) is 15.0. The number of hydrogen-bond acceptors (Lipinski definition) is 7. The van der Waals surface area contributed by atoms with Gasteiger partial charge in [-0.1, -0.05) is 0 Å². The Labute approximate surface area is 96.9 Å². The van der Waals surface area contributed by atoms with Crippen LogP contribution in [0.1, 0.15) is 6.92 Å². The van der Waals surface area contributed by atoms with Gasteiger partial charge in [0.25, 0.3) is 11.8 Å². The molecule has 0 saturated heterocycles. The minimum Gasteiger partial charge on any atom is -0.494 e. The van der Waals surface area contributed by atoms with E-state index in [1.54, 1.807) is 13.0 Å². The minimum absolute atomic E-state index is 0.0914. The Bertz CT molecular complexity index is 474. The van der Waals surface area contributed by atoms with E-state index in [-0.39, 0.29) is 11.4 Å². The highest BCUT2D eigenvalue weighted by Crippen LogP contribution is 2.38. The van der Waals surface area contributed by atoms with Crippen molar-refractivity contribution in [2.24, 2.45) is 0 Å². The van der Waals surface area contributed by atoms with E-state index in [0.717, 1.165) is 0 Å². The number of anilines is 2. The van der Waals surface area contributed by atoms with Gasteiger partial charge in [-0.25, -0.2) is 0 Å². The zero-order valence-corrected chi connectivity index (χ0v) is 9.03. The summed E-state index contributed by atoms with van der Waals surface area (Å²) >= 11 is 0. The number of fused-ring (bicyclic) bond motifs is 1. The molecule has 0 aliphatic carbocycles. The zero-order chi connectivity index (χ0) is 12.6. The van der Waals surface area contributed by atoms with E-state index >= 15 is 0 Å². The van der Waals surface area contributed by atoms with Crippen LogP contribution in [-0.4, -0.2) is 27.2 Å². The summed E-state index contributed by atoms with van der Waals surface area (Å²) in [5.41, 5.74) is 0.208. The molecule has 0 unspecified atom stereocenters. The lowest BCUT2D eigenvalue weighted by molar-refractivity contribution is 0.147. The SMILES string of the molecule is CCOc1ccc2c(c1)N(O)C(O)=C(O)N2O. The maximum atomic E-state index is 9.58. The van der Waals surface area contributed by atoms with E-state index in [1.165, 1.54) is 12.1 Å². The van der Waals surface area contributed by atoms with Crippen molar-refractivity contribution >= 4 is 11.4 Å². The molecule has 1 aliphatic heterocycles. The van der Waals surface area contributed by atoms with Crippen LogP contribution in [0.25, 0.3) is 0 Å². The van der Waals surface area contributed by atoms with Crippen molar-refractivity contribution in [2.45, 2.75) is 6.92 Å². The predicted octanol–water partition coefficient (Wildman–Crippen LogP) is 1.73.